The van der Waals surface area contributed by atoms with E-state index >= 15 is 0 Å². The van der Waals surface area contributed by atoms with E-state index in [9.17, 15) is 0 Å². The molecule has 2 aromatic carbocycles. The number of piperazine rings is 1. The summed E-state index contributed by atoms with van der Waals surface area (Å²) in [6, 6.07) is 17.1. The Balaban J connectivity index is 1.53. The monoisotopic (exact) mass is 402 g/mol. The summed E-state index contributed by atoms with van der Waals surface area (Å²) < 4.78 is 0. The van der Waals surface area contributed by atoms with E-state index in [0.29, 0.717) is 0 Å². The molecule has 30 heavy (non-hydrogen) atoms. The van der Waals surface area contributed by atoms with Crippen LogP contribution in [0, 0.1) is 20.8 Å². The average molecular weight is 403 g/mol. The molecule has 4 rings (SSSR count). The third-order valence-corrected chi connectivity index (χ3v) is 5.61. The normalized spacial score (nSPS) is 14.0. The lowest BCUT2D eigenvalue weighted by Gasteiger charge is -2.36. The molecule has 0 bridgehead atoms. The minimum absolute atomic E-state index is 0.767. The fourth-order valence-corrected chi connectivity index (χ4v) is 3.77. The molecule has 1 fully saturated rings. The van der Waals surface area contributed by atoms with E-state index in [0.717, 1.165) is 55.0 Å². The van der Waals surface area contributed by atoms with Crippen LogP contribution in [0.4, 0.5) is 29.0 Å². The van der Waals surface area contributed by atoms with Gasteiger partial charge in [-0.15, -0.1) is 0 Å². The van der Waals surface area contributed by atoms with Crippen LogP contribution in [0.2, 0.25) is 0 Å². The van der Waals surface area contributed by atoms with Crippen LogP contribution < -0.4 is 20.4 Å². The zero-order valence-corrected chi connectivity index (χ0v) is 18.2. The molecule has 0 aliphatic carbocycles. The Kier molecular flexibility index (Phi) is 5.74. The topological polar surface area (TPSA) is 56.3 Å². The molecule has 0 saturated carbocycles. The highest BCUT2D eigenvalue weighted by Crippen LogP contribution is 2.27. The second kappa shape index (κ2) is 8.61. The molecule has 0 radical (unpaired) electrons. The zero-order chi connectivity index (χ0) is 21.1. The molecule has 1 aromatic heterocycles. The number of anilines is 5. The van der Waals surface area contributed by atoms with E-state index in [1.807, 2.05) is 14.0 Å². The van der Waals surface area contributed by atoms with Crippen LogP contribution >= 0.6 is 0 Å². The minimum Gasteiger partial charge on any atom is -0.373 e. The molecule has 2 N–H and O–H groups in total. The van der Waals surface area contributed by atoms with E-state index in [2.05, 4.69) is 82.8 Å². The first-order valence-electron chi connectivity index (χ1n) is 10.5. The van der Waals surface area contributed by atoms with Gasteiger partial charge in [0.05, 0.1) is 0 Å². The van der Waals surface area contributed by atoms with Crippen molar-refractivity contribution in [3.63, 3.8) is 0 Å². The molecule has 2 heterocycles. The van der Waals surface area contributed by atoms with Crippen molar-refractivity contribution in [1.29, 1.82) is 0 Å². The van der Waals surface area contributed by atoms with Crippen molar-refractivity contribution < 1.29 is 0 Å². The molecule has 1 aliphatic heterocycles. The fraction of sp³-hybridized carbons (Fsp3) is 0.333. The Morgan fingerprint density at radius 1 is 0.767 bits per heavy atom. The van der Waals surface area contributed by atoms with Gasteiger partial charge in [-0.1, -0.05) is 29.8 Å². The standard InChI is InChI=1S/C24H30N6/c1-17-8-10-20(11-9-17)26-23-19(3)22(25-4)27-24(28-23)30-14-12-29(13-15-30)21-7-5-6-18(2)16-21/h5-11,16H,12-15H2,1-4H3,(H2,25,26,27,28). The van der Waals surface area contributed by atoms with Gasteiger partial charge in [-0.05, 0) is 50.6 Å². The number of hydrogen-bond donors (Lipinski definition) is 2. The van der Waals surface area contributed by atoms with Crippen molar-refractivity contribution in [1.82, 2.24) is 9.97 Å². The van der Waals surface area contributed by atoms with Gasteiger partial charge in [0, 0.05) is 50.2 Å². The maximum atomic E-state index is 4.88. The predicted molar refractivity (Wildman–Crippen MR) is 126 cm³/mol. The van der Waals surface area contributed by atoms with Gasteiger partial charge in [-0.2, -0.15) is 9.97 Å². The number of rotatable bonds is 5. The highest BCUT2D eigenvalue weighted by atomic mass is 15.3. The number of nitrogens with zero attached hydrogens (tertiary/aromatic N) is 4. The Bertz CT molecular complexity index is 1010. The number of hydrogen-bond acceptors (Lipinski definition) is 6. The molecule has 1 saturated heterocycles. The van der Waals surface area contributed by atoms with E-state index in [1.165, 1.54) is 16.8 Å². The smallest absolute Gasteiger partial charge is 0.229 e. The van der Waals surface area contributed by atoms with Crippen LogP contribution in [0.3, 0.4) is 0 Å². The Hall–Kier alpha value is -3.28. The van der Waals surface area contributed by atoms with Crippen LogP contribution in [0.5, 0.6) is 0 Å². The second-order valence-electron chi connectivity index (χ2n) is 7.90. The first-order valence-corrected chi connectivity index (χ1v) is 10.5. The van der Waals surface area contributed by atoms with Crippen molar-refractivity contribution in [2.45, 2.75) is 20.8 Å². The molecular formula is C24H30N6. The largest absolute Gasteiger partial charge is 0.373 e. The molecule has 6 heteroatoms. The SMILES string of the molecule is CNc1nc(N2CCN(c3cccc(C)c3)CC2)nc(Nc2ccc(C)cc2)c1C. The van der Waals surface area contributed by atoms with Crippen molar-refractivity contribution in [3.05, 3.63) is 65.2 Å². The lowest BCUT2D eigenvalue weighted by molar-refractivity contribution is 0.640. The number of aromatic nitrogens is 2. The third kappa shape index (κ3) is 4.32. The summed E-state index contributed by atoms with van der Waals surface area (Å²) in [6.45, 7) is 9.97. The predicted octanol–water partition coefficient (Wildman–Crippen LogP) is 4.51. The van der Waals surface area contributed by atoms with Crippen molar-refractivity contribution in [2.24, 2.45) is 0 Å². The maximum absolute atomic E-state index is 4.88. The van der Waals surface area contributed by atoms with Gasteiger partial charge in [0.1, 0.15) is 11.6 Å². The van der Waals surface area contributed by atoms with E-state index < -0.39 is 0 Å². The third-order valence-electron chi connectivity index (χ3n) is 5.61. The number of nitrogens with one attached hydrogen (secondary N) is 2. The highest BCUT2D eigenvalue weighted by molar-refractivity contribution is 5.67. The summed E-state index contributed by atoms with van der Waals surface area (Å²) in [4.78, 5) is 14.4. The molecule has 3 aromatic rings. The van der Waals surface area contributed by atoms with Crippen LogP contribution in [0.15, 0.2) is 48.5 Å². The summed E-state index contributed by atoms with van der Waals surface area (Å²) in [6.07, 6.45) is 0. The molecule has 0 amide bonds. The first kappa shape index (κ1) is 20.0. The highest BCUT2D eigenvalue weighted by Gasteiger charge is 2.21. The molecule has 0 atom stereocenters. The lowest BCUT2D eigenvalue weighted by atomic mass is 10.2. The van der Waals surface area contributed by atoms with Crippen LogP contribution in [-0.2, 0) is 0 Å². The van der Waals surface area contributed by atoms with Crippen LogP contribution in [0.25, 0.3) is 0 Å². The van der Waals surface area contributed by atoms with Gasteiger partial charge in [0.25, 0.3) is 0 Å². The van der Waals surface area contributed by atoms with Gasteiger partial charge < -0.3 is 20.4 Å². The summed E-state index contributed by atoms with van der Waals surface area (Å²) in [5.74, 6) is 2.47. The molecule has 156 valence electrons. The zero-order valence-electron chi connectivity index (χ0n) is 18.2. The Labute approximate surface area is 179 Å². The molecule has 0 spiro atoms. The molecule has 0 unspecified atom stereocenters. The van der Waals surface area contributed by atoms with Gasteiger partial charge in [0.2, 0.25) is 5.95 Å². The summed E-state index contributed by atoms with van der Waals surface area (Å²) in [5.41, 5.74) is 5.86. The summed E-state index contributed by atoms with van der Waals surface area (Å²) in [7, 11) is 1.91. The molecule has 1 aliphatic rings. The van der Waals surface area contributed by atoms with Gasteiger partial charge >= 0.3 is 0 Å². The molecule has 6 nitrogen and oxygen atoms in total. The minimum atomic E-state index is 0.767. The van der Waals surface area contributed by atoms with E-state index in [4.69, 9.17) is 9.97 Å². The average Bonchev–Trinajstić information content (AvgIpc) is 2.77. The number of benzene rings is 2. The summed E-state index contributed by atoms with van der Waals surface area (Å²) in [5, 5.41) is 6.69. The number of aryl methyl sites for hydroxylation is 2. The van der Waals surface area contributed by atoms with Crippen LogP contribution in [-0.4, -0.2) is 43.2 Å². The second-order valence-corrected chi connectivity index (χ2v) is 7.90. The van der Waals surface area contributed by atoms with Crippen molar-refractivity contribution in [3.8, 4) is 0 Å². The lowest BCUT2D eigenvalue weighted by Crippen LogP contribution is -2.47. The van der Waals surface area contributed by atoms with Crippen molar-refractivity contribution >= 4 is 29.0 Å². The first-order chi connectivity index (χ1) is 14.5. The quantitative estimate of drug-likeness (QED) is 0.655. The van der Waals surface area contributed by atoms with Gasteiger partial charge in [-0.3, -0.25) is 0 Å². The Morgan fingerprint density at radius 3 is 2.10 bits per heavy atom. The Morgan fingerprint density at radius 2 is 1.43 bits per heavy atom. The van der Waals surface area contributed by atoms with E-state index in [-0.39, 0.29) is 0 Å². The molecular weight excluding hydrogens is 372 g/mol. The maximum Gasteiger partial charge on any atom is 0.229 e. The van der Waals surface area contributed by atoms with Crippen molar-refractivity contribution in [2.75, 3.05) is 53.7 Å². The van der Waals surface area contributed by atoms with Gasteiger partial charge in [0.15, 0.2) is 0 Å². The van der Waals surface area contributed by atoms with E-state index in [1.54, 1.807) is 0 Å². The summed E-state index contributed by atoms with van der Waals surface area (Å²) >= 11 is 0. The van der Waals surface area contributed by atoms with Gasteiger partial charge in [-0.25, -0.2) is 0 Å². The van der Waals surface area contributed by atoms with Crippen LogP contribution in [0.1, 0.15) is 16.7 Å². The fourth-order valence-electron chi connectivity index (χ4n) is 3.77.